The number of anilines is 3. The third-order valence-electron chi connectivity index (χ3n) is 3.38. The van der Waals surface area contributed by atoms with E-state index in [0.717, 1.165) is 5.75 Å². The molecule has 134 valence electrons. The molecule has 0 saturated heterocycles. The summed E-state index contributed by atoms with van der Waals surface area (Å²) in [5, 5.41) is 9.74. The summed E-state index contributed by atoms with van der Waals surface area (Å²) >= 11 is 0. The largest absolute Gasteiger partial charge is 0.491 e. The van der Waals surface area contributed by atoms with Gasteiger partial charge in [0.1, 0.15) is 11.5 Å². The number of nitrogens with one attached hydrogen (secondary N) is 2. The molecule has 2 aromatic heterocycles. The Balaban J connectivity index is 1.66. The van der Waals surface area contributed by atoms with Crippen LogP contribution in [0.3, 0.4) is 0 Å². The lowest BCUT2D eigenvalue weighted by molar-refractivity contribution is 0.102. The van der Waals surface area contributed by atoms with Crippen molar-refractivity contribution in [1.29, 1.82) is 0 Å². The summed E-state index contributed by atoms with van der Waals surface area (Å²) in [4.78, 5) is 16.5. The van der Waals surface area contributed by atoms with E-state index in [9.17, 15) is 4.79 Å². The highest BCUT2D eigenvalue weighted by Gasteiger charge is 2.09. The summed E-state index contributed by atoms with van der Waals surface area (Å²) in [5.74, 6) is 1.76. The molecule has 2 heterocycles. The quantitative estimate of drug-likeness (QED) is 0.692. The summed E-state index contributed by atoms with van der Waals surface area (Å²) in [6, 6.07) is 10.7. The molecule has 0 spiro atoms. The van der Waals surface area contributed by atoms with Crippen LogP contribution in [-0.4, -0.2) is 22.2 Å². The van der Waals surface area contributed by atoms with Gasteiger partial charge in [-0.1, -0.05) is 5.16 Å². The molecule has 0 atom stereocenters. The number of amides is 1. The average molecular weight is 352 g/mol. The lowest BCUT2D eigenvalue weighted by Crippen LogP contribution is -2.12. The molecule has 3 rings (SSSR count). The molecular weight excluding hydrogens is 332 g/mol. The molecule has 7 heteroatoms. The van der Waals surface area contributed by atoms with Gasteiger partial charge in [-0.15, -0.1) is 0 Å². The minimum Gasteiger partial charge on any atom is -0.491 e. The summed E-state index contributed by atoms with van der Waals surface area (Å²) in [7, 11) is 0. The Morgan fingerprint density at radius 1 is 1.12 bits per heavy atom. The molecule has 0 aliphatic carbocycles. The summed E-state index contributed by atoms with van der Waals surface area (Å²) in [6.07, 6.45) is 3.22. The van der Waals surface area contributed by atoms with E-state index in [4.69, 9.17) is 9.26 Å². The molecule has 7 nitrogen and oxygen atoms in total. The van der Waals surface area contributed by atoms with Gasteiger partial charge in [-0.2, -0.15) is 0 Å². The summed E-state index contributed by atoms with van der Waals surface area (Å²) < 4.78 is 10.6. The van der Waals surface area contributed by atoms with Gasteiger partial charge in [-0.25, -0.2) is 0 Å². The minimum atomic E-state index is -0.255. The van der Waals surface area contributed by atoms with Crippen LogP contribution >= 0.6 is 0 Å². The number of carbonyl (C=O) groups is 1. The number of benzene rings is 1. The van der Waals surface area contributed by atoms with Gasteiger partial charge < -0.3 is 19.9 Å². The molecule has 0 bridgehead atoms. The number of nitrogens with zero attached hydrogens (tertiary/aromatic N) is 2. The zero-order valence-electron chi connectivity index (χ0n) is 14.8. The Morgan fingerprint density at radius 2 is 1.88 bits per heavy atom. The molecule has 0 aliphatic heterocycles. The van der Waals surface area contributed by atoms with Gasteiger partial charge in [-0.3, -0.25) is 9.78 Å². The van der Waals surface area contributed by atoms with E-state index >= 15 is 0 Å². The van der Waals surface area contributed by atoms with Gasteiger partial charge in [0.2, 0.25) is 0 Å². The maximum Gasteiger partial charge on any atom is 0.257 e. The molecule has 2 N–H and O–H groups in total. The Bertz CT molecular complexity index is 888. The van der Waals surface area contributed by atoms with Crippen LogP contribution in [0, 0.1) is 6.92 Å². The van der Waals surface area contributed by atoms with Crippen molar-refractivity contribution in [2.24, 2.45) is 0 Å². The standard InChI is InChI=1S/C19H20N4O3/c1-12(2)25-17-6-4-15(5-7-17)22-19(24)14-9-16(11-20-10-14)21-18-8-13(3)26-23-18/h4-12H,1-3H3,(H,21,23)(H,22,24). The molecule has 0 fully saturated rings. The SMILES string of the molecule is Cc1cc(Nc2cncc(C(=O)Nc3ccc(OC(C)C)cc3)c2)no1. The van der Waals surface area contributed by atoms with Gasteiger partial charge in [-0.05, 0) is 51.1 Å². The van der Waals surface area contributed by atoms with Crippen molar-refractivity contribution in [2.75, 3.05) is 10.6 Å². The van der Waals surface area contributed by atoms with E-state index in [1.54, 1.807) is 37.4 Å². The fraction of sp³-hybridized carbons (Fsp3) is 0.211. The summed E-state index contributed by atoms with van der Waals surface area (Å²) in [5.41, 5.74) is 1.75. The van der Waals surface area contributed by atoms with Crippen LogP contribution in [0.5, 0.6) is 5.75 Å². The van der Waals surface area contributed by atoms with Crippen molar-refractivity contribution in [2.45, 2.75) is 26.9 Å². The van der Waals surface area contributed by atoms with Crippen LogP contribution in [0.1, 0.15) is 30.0 Å². The number of rotatable bonds is 6. The molecule has 0 aliphatic rings. The molecule has 26 heavy (non-hydrogen) atoms. The second kappa shape index (κ2) is 7.69. The monoisotopic (exact) mass is 352 g/mol. The van der Waals surface area contributed by atoms with Crippen LogP contribution in [0.15, 0.2) is 53.3 Å². The maximum atomic E-state index is 12.4. The van der Waals surface area contributed by atoms with Crippen molar-refractivity contribution in [3.63, 3.8) is 0 Å². The molecule has 1 aromatic carbocycles. The van der Waals surface area contributed by atoms with E-state index in [1.807, 2.05) is 26.0 Å². The number of aromatic nitrogens is 2. The Kier molecular flexibility index (Phi) is 5.17. The van der Waals surface area contributed by atoms with Gasteiger partial charge in [0, 0.05) is 18.0 Å². The first-order valence-corrected chi connectivity index (χ1v) is 8.23. The highest BCUT2D eigenvalue weighted by atomic mass is 16.5. The van der Waals surface area contributed by atoms with Crippen molar-refractivity contribution < 1.29 is 14.1 Å². The zero-order chi connectivity index (χ0) is 18.5. The zero-order valence-corrected chi connectivity index (χ0v) is 14.8. The van der Waals surface area contributed by atoms with E-state index < -0.39 is 0 Å². The van der Waals surface area contributed by atoms with Crippen LogP contribution < -0.4 is 15.4 Å². The minimum absolute atomic E-state index is 0.102. The molecular formula is C19H20N4O3. The highest BCUT2D eigenvalue weighted by molar-refractivity contribution is 6.04. The molecule has 1 amide bonds. The van der Waals surface area contributed by atoms with Crippen molar-refractivity contribution in [3.8, 4) is 5.75 Å². The number of aryl methyl sites for hydroxylation is 1. The summed E-state index contributed by atoms with van der Waals surface area (Å²) in [6.45, 7) is 5.73. The van der Waals surface area contributed by atoms with Gasteiger partial charge >= 0.3 is 0 Å². The molecule has 0 radical (unpaired) electrons. The highest BCUT2D eigenvalue weighted by Crippen LogP contribution is 2.19. The van der Waals surface area contributed by atoms with E-state index in [-0.39, 0.29) is 12.0 Å². The second-order valence-electron chi connectivity index (χ2n) is 6.06. The third kappa shape index (κ3) is 4.60. The fourth-order valence-electron chi connectivity index (χ4n) is 2.30. The number of pyridine rings is 1. The number of hydrogen-bond acceptors (Lipinski definition) is 6. The van der Waals surface area contributed by atoms with Crippen molar-refractivity contribution >= 4 is 23.1 Å². The van der Waals surface area contributed by atoms with Gasteiger partial charge in [0.25, 0.3) is 5.91 Å². The first kappa shape index (κ1) is 17.5. The topological polar surface area (TPSA) is 89.3 Å². The van der Waals surface area contributed by atoms with Gasteiger partial charge in [0.05, 0.1) is 23.6 Å². The Labute approximate surface area is 151 Å². The number of carbonyl (C=O) groups excluding carboxylic acids is 1. The maximum absolute atomic E-state index is 12.4. The third-order valence-corrected chi connectivity index (χ3v) is 3.38. The van der Waals surface area contributed by atoms with Crippen molar-refractivity contribution in [1.82, 2.24) is 10.1 Å². The predicted octanol–water partition coefficient (Wildman–Crippen LogP) is 4.16. The van der Waals surface area contributed by atoms with E-state index in [1.165, 1.54) is 6.20 Å². The van der Waals surface area contributed by atoms with Crippen LogP contribution in [-0.2, 0) is 0 Å². The fourth-order valence-corrected chi connectivity index (χ4v) is 2.30. The lowest BCUT2D eigenvalue weighted by atomic mass is 10.2. The first-order valence-electron chi connectivity index (χ1n) is 8.23. The second-order valence-corrected chi connectivity index (χ2v) is 6.06. The Hall–Kier alpha value is -3.35. The van der Waals surface area contributed by atoms with Crippen LogP contribution in [0.4, 0.5) is 17.2 Å². The first-order chi connectivity index (χ1) is 12.5. The smallest absolute Gasteiger partial charge is 0.257 e. The van der Waals surface area contributed by atoms with Crippen LogP contribution in [0.2, 0.25) is 0 Å². The number of ether oxygens (including phenoxy) is 1. The predicted molar refractivity (Wildman–Crippen MR) is 98.9 cm³/mol. The lowest BCUT2D eigenvalue weighted by Gasteiger charge is -2.11. The van der Waals surface area contributed by atoms with E-state index in [2.05, 4.69) is 20.8 Å². The van der Waals surface area contributed by atoms with Gasteiger partial charge in [0.15, 0.2) is 5.82 Å². The Morgan fingerprint density at radius 3 is 2.54 bits per heavy atom. The normalized spacial score (nSPS) is 10.6. The molecule has 0 unspecified atom stereocenters. The van der Waals surface area contributed by atoms with E-state index in [0.29, 0.717) is 28.5 Å². The molecule has 3 aromatic rings. The average Bonchev–Trinajstić information content (AvgIpc) is 3.01. The van der Waals surface area contributed by atoms with Crippen LogP contribution in [0.25, 0.3) is 0 Å². The molecule has 0 saturated carbocycles. The number of hydrogen-bond donors (Lipinski definition) is 2. The van der Waals surface area contributed by atoms with Crippen molar-refractivity contribution in [3.05, 3.63) is 60.1 Å².